The molecule has 1 N–H and O–H groups in total. The van der Waals surface area contributed by atoms with Crippen LogP contribution in [-0.2, 0) is 0 Å². The molecule has 2 aliphatic rings. The van der Waals surface area contributed by atoms with Crippen molar-refractivity contribution in [2.45, 2.75) is 58.0 Å². The van der Waals surface area contributed by atoms with Crippen LogP contribution in [0.3, 0.4) is 0 Å². The molecule has 1 aliphatic heterocycles. The first-order valence-electron chi connectivity index (χ1n) is 5.53. The van der Waals surface area contributed by atoms with Crippen LogP contribution in [0, 0.1) is 11.8 Å². The first kappa shape index (κ1) is 8.55. The van der Waals surface area contributed by atoms with Crippen molar-refractivity contribution in [1.29, 1.82) is 0 Å². The maximum atomic E-state index is 3.79. The van der Waals surface area contributed by atoms with Gasteiger partial charge in [0.15, 0.2) is 0 Å². The average molecular weight is 167 g/mol. The molecule has 12 heavy (non-hydrogen) atoms. The molecule has 1 heteroatoms. The molecular formula is C11H21N. The highest BCUT2D eigenvalue weighted by Crippen LogP contribution is 2.34. The summed E-state index contributed by atoms with van der Waals surface area (Å²) in [6.07, 6.45) is 7.31. The fraction of sp³-hybridized carbons (Fsp3) is 1.00. The van der Waals surface area contributed by atoms with E-state index in [1.807, 2.05) is 0 Å². The molecule has 70 valence electrons. The normalized spacial score (nSPS) is 41.8. The molecule has 1 nitrogen and oxygen atoms in total. The molecule has 2 rings (SSSR count). The van der Waals surface area contributed by atoms with Gasteiger partial charge in [0.2, 0.25) is 0 Å². The third kappa shape index (κ3) is 1.52. The van der Waals surface area contributed by atoms with Crippen molar-refractivity contribution in [2.75, 3.05) is 0 Å². The summed E-state index contributed by atoms with van der Waals surface area (Å²) in [7, 11) is 0. The predicted molar refractivity (Wildman–Crippen MR) is 52.1 cm³/mol. The lowest BCUT2D eigenvalue weighted by atomic mass is 9.84. The summed E-state index contributed by atoms with van der Waals surface area (Å²) in [5.41, 5.74) is 0. The van der Waals surface area contributed by atoms with Gasteiger partial charge in [0.05, 0.1) is 0 Å². The highest BCUT2D eigenvalue weighted by molar-refractivity contribution is 4.93. The number of fused-ring (bicyclic) bond motifs is 1. The molecule has 3 atom stereocenters. The van der Waals surface area contributed by atoms with Gasteiger partial charge >= 0.3 is 0 Å². The summed E-state index contributed by atoms with van der Waals surface area (Å²) in [4.78, 5) is 0. The molecule has 0 aromatic carbocycles. The molecule has 0 unspecified atom stereocenters. The Bertz CT molecular complexity index is 139. The summed E-state index contributed by atoms with van der Waals surface area (Å²) in [5, 5.41) is 3.79. The van der Waals surface area contributed by atoms with E-state index in [9.17, 15) is 0 Å². The van der Waals surface area contributed by atoms with Crippen molar-refractivity contribution in [2.24, 2.45) is 11.8 Å². The van der Waals surface area contributed by atoms with Gasteiger partial charge in [-0.25, -0.2) is 0 Å². The second-order valence-electron chi connectivity index (χ2n) is 4.90. The van der Waals surface area contributed by atoms with Gasteiger partial charge in [-0.2, -0.15) is 0 Å². The van der Waals surface area contributed by atoms with Gasteiger partial charge in [-0.1, -0.05) is 26.7 Å². The summed E-state index contributed by atoms with van der Waals surface area (Å²) < 4.78 is 0. The molecular weight excluding hydrogens is 146 g/mol. The fourth-order valence-electron chi connectivity index (χ4n) is 2.84. The van der Waals surface area contributed by atoms with Gasteiger partial charge in [-0.15, -0.1) is 0 Å². The van der Waals surface area contributed by atoms with E-state index in [-0.39, 0.29) is 0 Å². The summed E-state index contributed by atoms with van der Waals surface area (Å²) in [6.45, 7) is 4.68. The maximum Gasteiger partial charge on any atom is 0.00986 e. The largest absolute Gasteiger partial charge is 0.311 e. The van der Waals surface area contributed by atoms with Crippen molar-refractivity contribution in [3.05, 3.63) is 0 Å². The van der Waals surface area contributed by atoms with Gasteiger partial charge in [-0.05, 0) is 31.1 Å². The van der Waals surface area contributed by atoms with E-state index in [1.165, 1.54) is 32.1 Å². The zero-order valence-corrected chi connectivity index (χ0v) is 8.34. The first-order chi connectivity index (χ1) is 5.77. The Morgan fingerprint density at radius 2 is 1.92 bits per heavy atom. The summed E-state index contributed by atoms with van der Waals surface area (Å²) in [5.74, 6) is 1.85. The van der Waals surface area contributed by atoms with E-state index in [1.54, 1.807) is 0 Å². The molecule has 0 aromatic rings. The fourth-order valence-corrected chi connectivity index (χ4v) is 2.84. The third-order valence-corrected chi connectivity index (χ3v) is 3.70. The smallest absolute Gasteiger partial charge is 0.00986 e. The van der Waals surface area contributed by atoms with Gasteiger partial charge in [0.25, 0.3) is 0 Å². The Morgan fingerprint density at radius 1 is 1.17 bits per heavy atom. The van der Waals surface area contributed by atoms with Crippen LogP contribution in [0.1, 0.15) is 46.0 Å². The van der Waals surface area contributed by atoms with Gasteiger partial charge in [0.1, 0.15) is 0 Å². The Hall–Kier alpha value is -0.0400. The lowest BCUT2D eigenvalue weighted by Gasteiger charge is -2.24. The monoisotopic (exact) mass is 167 g/mol. The van der Waals surface area contributed by atoms with E-state index in [4.69, 9.17) is 0 Å². The lowest BCUT2D eigenvalue weighted by molar-refractivity contribution is 0.325. The maximum absolute atomic E-state index is 3.79. The SMILES string of the molecule is CC(C)[C@@H]1C[C@@H]2CCCC[C@@H]2N1. The molecule has 2 fully saturated rings. The summed E-state index contributed by atoms with van der Waals surface area (Å²) >= 11 is 0. The van der Waals surface area contributed by atoms with Crippen LogP contribution in [0.4, 0.5) is 0 Å². The number of nitrogens with one attached hydrogen (secondary N) is 1. The zero-order chi connectivity index (χ0) is 8.55. The Morgan fingerprint density at radius 3 is 2.58 bits per heavy atom. The van der Waals surface area contributed by atoms with Crippen LogP contribution >= 0.6 is 0 Å². The summed E-state index contributed by atoms with van der Waals surface area (Å²) in [6, 6.07) is 1.70. The topological polar surface area (TPSA) is 12.0 Å². The molecule has 0 amide bonds. The zero-order valence-electron chi connectivity index (χ0n) is 8.34. The van der Waals surface area contributed by atoms with Gasteiger partial charge < -0.3 is 5.32 Å². The molecule has 0 spiro atoms. The van der Waals surface area contributed by atoms with Crippen molar-refractivity contribution < 1.29 is 0 Å². The highest BCUT2D eigenvalue weighted by atomic mass is 15.0. The van der Waals surface area contributed by atoms with Gasteiger partial charge in [0, 0.05) is 12.1 Å². The van der Waals surface area contributed by atoms with E-state index in [2.05, 4.69) is 19.2 Å². The minimum atomic E-state index is 0.818. The van der Waals surface area contributed by atoms with Crippen LogP contribution in [0.15, 0.2) is 0 Å². The Kier molecular flexibility index (Phi) is 2.40. The van der Waals surface area contributed by atoms with Crippen LogP contribution in [0.2, 0.25) is 0 Å². The first-order valence-corrected chi connectivity index (χ1v) is 5.53. The highest BCUT2D eigenvalue weighted by Gasteiger charge is 2.35. The van der Waals surface area contributed by atoms with E-state index in [0.717, 1.165) is 23.9 Å². The Labute approximate surface area is 75.9 Å². The number of rotatable bonds is 1. The quantitative estimate of drug-likeness (QED) is 0.633. The predicted octanol–water partition coefficient (Wildman–Crippen LogP) is 2.56. The Balaban J connectivity index is 1.94. The molecule has 1 heterocycles. The third-order valence-electron chi connectivity index (χ3n) is 3.70. The van der Waals surface area contributed by atoms with Gasteiger partial charge in [-0.3, -0.25) is 0 Å². The number of hydrogen-bond donors (Lipinski definition) is 1. The van der Waals surface area contributed by atoms with Crippen molar-refractivity contribution in [3.63, 3.8) is 0 Å². The number of hydrogen-bond acceptors (Lipinski definition) is 1. The van der Waals surface area contributed by atoms with Crippen molar-refractivity contribution in [3.8, 4) is 0 Å². The molecule has 1 saturated carbocycles. The average Bonchev–Trinajstić information content (AvgIpc) is 2.46. The molecule has 0 bridgehead atoms. The standard InChI is InChI=1S/C11H21N/c1-8(2)11-7-9-5-3-4-6-10(9)12-11/h8-12H,3-7H2,1-2H3/t9-,10-,11-/m0/s1. The molecule has 0 aromatic heterocycles. The van der Waals surface area contributed by atoms with Crippen LogP contribution < -0.4 is 5.32 Å². The van der Waals surface area contributed by atoms with Crippen LogP contribution in [-0.4, -0.2) is 12.1 Å². The van der Waals surface area contributed by atoms with Crippen molar-refractivity contribution in [1.82, 2.24) is 5.32 Å². The lowest BCUT2D eigenvalue weighted by Crippen LogP contribution is -2.35. The van der Waals surface area contributed by atoms with Crippen LogP contribution in [0.25, 0.3) is 0 Å². The molecule has 0 radical (unpaired) electrons. The second kappa shape index (κ2) is 3.37. The van der Waals surface area contributed by atoms with Crippen molar-refractivity contribution >= 4 is 0 Å². The second-order valence-corrected chi connectivity index (χ2v) is 4.90. The molecule has 1 saturated heterocycles. The minimum absolute atomic E-state index is 0.818. The van der Waals surface area contributed by atoms with E-state index < -0.39 is 0 Å². The van der Waals surface area contributed by atoms with Crippen LogP contribution in [0.5, 0.6) is 0 Å². The van der Waals surface area contributed by atoms with E-state index in [0.29, 0.717) is 0 Å². The molecule has 1 aliphatic carbocycles. The minimum Gasteiger partial charge on any atom is -0.311 e. The van der Waals surface area contributed by atoms with E-state index >= 15 is 0 Å².